The van der Waals surface area contributed by atoms with Crippen LogP contribution in [0.15, 0.2) is 24.3 Å². The molecule has 5 nitrogen and oxygen atoms in total. The van der Waals surface area contributed by atoms with E-state index in [-0.39, 0.29) is 17.3 Å². The van der Waals surface area contributed by atoms with E-state index in [1.54, 1.807) is 23.1 Å². The molecule has 116 valence electrons. The lowest BCUT2D eigenvalue weighted by molar-refractivity contribution is -0.129. The van der Waals surface area contributed by atoms with Crippen LogP contribution >= 0.6 is 0 Å². The number of hydrogen-bond acceptors (Lipinski definition) is 4. The molecule has 2 N–H and O–H groups in total. The summed E-state index contributed by atoms with van der Waals surface area (Å²) in [6.07, 6.45) is 0.534. The summed E-state index contributed by atoms with van der Waals surface area (Å²) in [6, 6.07) is 8.26. The summed E-state index contributed by atoms with van der Waals surface area (Å²) in [5.74, 6) is -0.400. The highest BCUT2D eigenvalue weighted by molar-refractivity contribution is 5.81. The Kier molecular flexibility index (Phi) is 3.70. The second-order valence-electron chi connectivity index (χ2n) is 5.45. The first-order valence-electron chi connectivity index (χ1n) is 7.24. The van der Waals surface area contributed by atoms with Gasteiger partial charge in [0.1, 0.15) is 23.3 Å². The van der Waals surface area contributed by atoms with Gasteiger partial charge in [0.15, 0.2) is 0 Å². The summed E-state index contributed by atoms with van der Waals surface area (Å²) >= 11 is 0. The Morgan fingerprint density at radius 2 is 2.17 bits per heavy atom. The van der Waals surface area contributed by atoms with Crippen LogP contribution in [0.5, 0.6) is 0 Å². The number of fused-ring (bicyclic) bond motifs is 1. The van der Waals surface area contributed by atoms with Crippen LogP contribution in [0.2, 0.25) is 0 Å². The van der Waals surface area contributed by atoms with Gasteiger partial charge in [-0.3, -0.25) is 4.79 Å². The van der Waals surface area contributed by atoms with Crippen LogP contribution < -0.4 is 5.73 Å². The van der Waals surface area contributed by atoms with E-state index < -0.39 is 5.82 Å². The Morgan fingerprint density at radius 3 is 2.83 bits per heavy atom. The van der Waals surface area contributed by atoms with Crippen molar-refractivity contribution >= 4 is 11.7 Å². The summed E-state index contributed by atoms with van der Waals surface area (Å²) in [5.41, 5.74) is 8.22. The van der Waals surface area contributed by atoms with E-state index in [0.29, 0.717) is 36.2 Å². The number of rotatable bonds is 1. The molecule has 0 aliphatic carbocycles. The number of aromatic nitrogens is 1. The number of anilines is 1. The van der Waals surface area contributed by atoms with Gasteiger partial charge in [0, 0.05) is 43.1 Å². The zero-order chi connectivity index (χ0) is 16.6. The molecule has 0 saturated heterocycles. The average Bonchev–Trinajstić information content (AvgIpc) is 2.53. The van der Waals surface area contributed by atoms with Gasteiger partial charge in [-0.1, -0.05) is 18.2 Å². The van der Waals surface area contributed by atoms with E-state index in [1.807, 2.05) is 6.07 Å². The minimum atomic E-state index is -0.434. The zero-order valence-electron chi connectivity index (χ0n) is 12.6. The van der Waals surface area contributed by atoms with Gasteiger partial charge in [0.25, 0.3) is 0 Å². The topological polar surface area (TPSA) is 83.0 Å². The van der Waals surface area contributed by atoms with Crippen molar-refractivity contribution in [1.29, 1.82) is 5.26 Å². The Balaban J connectivity index is 2.29. The van der Waals surface area contributed by atoms with Gasteiger partial charge in [-0.2, -0.15) is 5.26 Å². The molecule has 23 heavy (non-hydrogen) atoms. The molecule has 3 rings (SSSR count). The summed E-state index contributed by atoms with van der Waals surface area (Å²) < 4.78 is 14.3. The van der Waals surface area contributed by atoms with Crippen LogP contribution in [0, 0.1) is 17.1 Å². The highest BCUT2D eigenvalue weighted by atomic mass is 19.1. The molecule has 0 spiro atoms. The predicted octanol–water partition coefficient (Wildman–Crippen LogP) is 2.25. The number of halogens is 1. The summed E-state index contributed by atoms with van der Waals surface area (Å²) in [4.78, 5) is 17.6. The third-order valence-corrected chi connectivity index (χ3v) is 4.08. The second-order valence-corrected chi connectivity index (χ2v) is 5.45. The molecule has 0 bridgehead atoms. The molecular formula is C17H15FN4O. The Morgan fingerprint density at radius 1 is 1.43 bits per heavy atom. The van der Waals surface area contributed by atoms with Gasteiger partial charge in [-0.05, 0) is 6.07 Å². The number of carbonyl (C=O) groups excluding carboxylic acids is 1. The van der Waals surface area contributed by atoms with Gasteiger partial charge in [-0.15, -0.1) is 0 Å². The van der Waals surface area contributed by atoms with Crippen molar-refractivity contribution in [2.45, 2.75) is 19.9 Å². The number of amides is 1. The third kappa shape index (κ3) is 2.50. The van der Waals surface area contributed by atoms with E-state index in [0.717, 1.165) is 5.69 Å². The maximum Gasteiger partial charge on any atom is 0.219 e. The summed E-state index contributed by atoms with van der Waals surface area (Å²) in [6.45, 7) is 2.33. The first-order valence-corrected chi connectivity index (χ1v) is 7.24. The highest BCUT2D eigenvalue weighted by Crippen LogP contribution is 2.36. The molecule has 1 aliphatic heterocycles. The SMILES string of the molecule is CC(=O)N1CCc2nc(N)c(C#N)c(-c3ccccc3F)c2C1. The highest BCUT2D eigenvalue weighted by Gasteiger charge is 2.27. The molecule has 0 radical (unpaired) electrons. The lowest BCUT2D eigenvalue weighted by atomic mass is 9.91. The van der Waals surface area contributed by atoms with Crippen LogP contribution in [0.3, 0.4) is 0 Å². The molecule has 1 aliphatic rings. The van der Waals surface area contributed by atoms with Crippen molar-refractivity contribution in [2.24, 2.45) is 0 Å². The minimum absolute atomic E-state index is 0.0644. The van der Waals surface area contributed by atoms with Crippen molar-refractivity contribution in [3.63, 3.8) is 0 Å². The number of nitrogens with zero attached hydrogens (tertiary/aromatic N) is 3. The standard InChI is InChI=1S/C17H15FN4O/c1-10(23)22-7-6-15-13(9-22)16(12(8-19)17(20)21-15)11-4-2-3-5-14(11)18/h2-5H,6-7,9H2,1H3,(H2,20,21). The van der Waals surface area contributed by atoms with Crippen LogP contribution in [-0.2, 0) is 17.8 Å². The molecule has 0 saturated carbocycles. The molecule has 0 fully saturated rings. The largest absolute Gasteiger partial charge is 0.383 e. The molecule has 2 aromatic rings. The number of carbonyl (C=O) groups is 1. The zero-order valence-corrected chi connectivity index (χ0v) is 12.6. The molecule has 0 atom stereocenters. The number of nitrogen functional groups attached to an aromatic ring is 1. The van der Waals surface area contributed by atoms with E-state index in [9.17, 15) is 14.4 Å². The lowest BCUT2D eigenvalue weighted by Gasteiger charge is -2.29. The Labute approximate surface area is 133 Å². The van der Waals surface area contributed by atoms with Gasteiger partial charge < -0.3 is 10.6 Å². The van der Waals surface area contributed by atoms with Gasteiger partial charge >= 0.3 is 0 Å². The second kappa shape index (κ2) is 5.69. The van der Waals surface area contributed by atoms with E-state index in [4.69, 9.17) is 5.73 Å². The molecule has 2 heterocycles. The van der Waals surface area contributed by atoms with Gasteiger partial charge in [0.2, 0.25) is 5.91 Å². The summed E-state index contributed by atoms with van der Waals surface area (Å²) in [5, 5.41) is 9.46. The van der Waals surface area contributed by atoms with E-state index >= 15 is 0 Å². The van der Waals surface area contributed by atoms with E-state index in [1.165, 1.54) is 13.0 Å². The number of pyridine rings is 1. The fourth-order valence-corrected chi connectivity index (χ4v) is 2.92. The summed E-state index contributed by atoms with van der Waals surface area (Å²) in [7, 11) is 0. The van der Waals surface area contributed by atoms with Crippen LogP contribution in [0.4, 0.5) is 10.2 Å². The Hall–Kier alpha value is -2.94. The first-order chi connectivity index (χ1) is 11.0. The van der Waals surface area contributed by atoms with Crippen LogP contribution in [0.25, 0.3) is 11.1 Å². The Bertz CT molecular complexity index is 841. The normalized spacial score (nSPS) is 13.3. The number of nitrogens with two attached hydrogens (primary N) is 1. The third-order valence-electron chi connectivity index (χ3n) is 4.08. The lowest BCUT2D eigenvalue weighted by Crippen LogP contribution is -2.35. The smallest absolute Gasteiger partial charge is 0.219 e. The molecule has 1 aromatic carbocycles. The monoisotopic (exact) mass is 310 g/mol. The van der Waals surface area contributed by atoms with Crippen LogP contribution in [-0.4, -0.2) is 22.3 Å². The van der Waals surface area contributed by atoms with Gasteiger partial charge in [-0.25, -0.2) is 9.37 Å². The molecule has 0 unspecified atom stereocenters. The van der Waals surface area contributed by atoms with E-state index in [2.05, 4.69) is 4.98 Å². The minimum Gasteiger partial charge on any atom is -0.383 e. The van der Waals surface area contributed by atoms with Crippen molar-refractivity contribution < 1.29 is 9.18 Å². The number of benzene rings is 1. The maximum absolute atomic E-state index is 14.3. The number of nitriles is 1. The predicted molar refractivity (Wildman–Crippen MR) is 83.6 cm³/mol. The fraction of sp³-hybridized carbons (Fsp3) is 0.235. The molecule has 1 aromatic heterocycles. The molecular weight excluding hydrogens is 295 g/mol. The average molecular weight is 310 g/mol. The van der Waals surface area contributed by atoms with Crippen molar-refractivity contribution in [3.05, 3.63) is 46.9 Å². The molecule has 1 amide bonds. The first kappa shape index (κ1) is 15.0. The number of hydrogen-bond donors (Lipinski definition) is 1. The quantitative estimate of drug-likeness (QED) is 0.875. The van der Waals surface area contributed by atoms with Crippen molar-refractivity contribution in [3.8, 4) is 17.2 Å². The molecule has 6 heteroatoms. The van der Waals surface area contributed by atoms with Crippen molar-refractivity contribution in [2.75, 3.05) is 12.3 Å². The maximum atomic E-state index is 14.3. The van der Waals surface area contributed by atoms with Crippen LogP contribution in [0.1, 0.15) is 23.7 Å². The van der Waals surface area contributed by atoms with Crippen molar-refractivity contribution in [1.82, 2.24) is 9.88 Å². The fourth-order valence-electron chi connectivity index (χ4n) is 2.92. The van der Waals surface area contributed by atoms with Gasteiger partial charge in [0.05, 0.1) is 5.69 Å².